The first-order valence-corrected chi connectivity index (χ1v) is 7.39. The van der Waals surface area contributed by atoms with E-state index in [-0.39, 0.29) is 10.6 Å². The van der Waals surface area contributed by atoms with E-state index >= 15 is 0 Å². The maximum Gasteiger partial charge on any atom is 0.274 e. The molecule has 0 radical (unpaired) electrons. The highest BCUT2D eigenvalue weighted by molar-refractivity contribution is 5.55. The normalized spacial score (nSPS) is 22.1. The van der Waals surface area contributed by atoms with Crippen LogP contribution in [-0.2, 0) is 0 Å². The lowest BCUT2D eigenvalue weighted by Gasteiger charge is -2.22. The summed E-state index contributed by atoms with van der Waals surface area (Å²) >= 11 is 0. The Morgan fingerprint density at radius 2 is 2.05 bits per heavy atom. The van der Waals surface area contributed by atoms with Crippen LogP contribution in [0.3, 0.4) is 0 Å². The van der Waals surface area contributed by atoms with Gasteiger partial charge in [0.15, 0.2) is 0 Å². The number of hydrogen-bond donors (Lipinski definition) is 1. The molecular formula is C16H24N2O2. The van der Waals surface area contributed by atoms with Crippen LogP contribution in [0.5, 0.6) is 0 Å². The van der Waals surface area contributed by atoms with Crippen molar-refractivity contribution in [2.45, 2.75) is 58.9 Å². The third-order valence-electron chi connectivity index (χ3n) is 4.35. The van der Waals surface area contributed by atoms with Gasteiger partial charge in [-0.05, 0) is 44.1 Å². The Bertz CT molecular complexity index is 497. The second-order valence-corrected chi connectivity index (χ2v) is 6.69. The molecule has 2 rings (SSSR count). The van der Waals surface area contributed by atoms with E-state index in [4.69, 9.17) is 0 Å². The third kappa shape index (κ3) is 3.71. The van der Waals surface area contributed by atoms with Crippen LogP contribution >= 0.6 is 0 Å². The molecular weight excluding hydrogens is 252 g/mol. The Morgan fingerprint density at radius 1 is 1.30 bits per heavy atom. The van der Waals surface area contributed by atoms with Gasteiger partial charge in [-0.25, -0.2) is 0 Å². The molecule has 1 aliphatic carbocycles. The molecule has 1 fully saturated rings. The van der Waals surface area contributed by atoms with Crippen molar-refractivity contribution < 1.29 is 4.92 Å². The van der Waals surface area contributed by atoms with Crippen LogP contribution in [0.25, 0.3) is 0 Å². The summed E-state index contributed by atoms with van der Waals surface area (Å²) in [4.78, 5) is 10.7. The molecule has 1 saturated carbocycles. The Kier molecular flexibility index (Phi) is 4.31. The Morgan fingerprint density at radius 3 is 2.75 bits per heavy atom. The molecule has 0 saturated heterocycles. The van der Waals surface area contributed by atoms with Crippen molar-refractivity contribution in [3.63, 3.8) is 0 Å². The molecule has 1 aromatic rings. The van der Waals surface area contributed by atoms with Crippen molar-refractivity contribution >= 4 is 11.4 Å². The van der Waals surface area contributed by atoms with E-state index in [9.17, 15) is 10.1 Å². The summed E-state index contributed by atoms with van der Waals surface area (Å²) in [7, 11) is 0. The SMILES string of the molecule is Cc1ccc(NC2CCCC(C)(C)CC2)cc1[N+](=O)[O-]. The van der Waals surface area contributed by atoms with Crippen molar-refractivity contribution in [3.8, 4) is 0 Å². The molecule has 4 heteroatoms. The number of hydrogen-bond acceptors (Lipinski definition) is 3. The number of rotatable bonds is 3. The van der Waals surface area contributed by atoms with Gasteiger partial charge in [0.05, 0.1) is 4.92 Å². The number of benzene rings is 1. The van der Waals surface area contributed by atoms with Gasteiger partial charge >= 0.3 is 0 Å². The third-order valence-corrected chi connectivity index (χ3v) is 4.35. The van der Waals surface area contributed by atoms with Gasteiger partial charge in [0.25, 0.3) is 5.69 Å². The Balaban J connectivity index is 2.06. The molecule has 0 bridgehead atoms. The Hall–Kier alpha value is -1.58. The van der Waals surface area contributed by atoms with E-state index in [1.807, 2.05) is 12.1 Å². The lowest BCUT2D eigenvalue weighted by atomic mass is 9.85. The molecule has 1 aliphatic rings. The van der Waals surface area contributed by atoms with Gasteiger partial charge in [0, 0.05) is 23.4 Å². The van der Waals surface area contributed by atoms with Gasteiger partial charge in [-0.1, -0.05) is 26.3 Å². The standard InChI is InChI=1S/C16H24N2O2/c1-12-6-7-14(11-15(12)18(19)20)17-13-5-4-9-16(2,3)10-8-13/h6-7,11,13,17H,4-5,8-10H2,1-3H3. The van der Waals surface area contributed by atoms with E-state index in [0.717, 1.165) is 18.5 Å². The summed E-state index contributed by atoms with van der Waals surface area (Å²) in [6, 6.07) is 5.85. The molecule has 0 aromatic heterocycles. The fourth-order valence-electron chi connectivity index (χ4n) is 2.94. The minimum absolute atomic E-state index is 0.198. The van der Waals surface area contributed by atoms with E-state index in [1.165, 1.54) is 19.3 Å². The predicted octanol–water partition coefficient (Wildman–Crippen LogP) is 4.67. The summed E-state index contributed by atoms with van der Waals surface area (Å²) < 4.78 is 0. The van der Waals surface area contributed by atoms with Crippen LogP contribution in [0, 0.1) is 22.5 Å². The lowest BCUT2D eigenvalue weighted by molar-refractivity contribution is -0.385. The number of nitrogens with zero attached hydrogens (tertiary/aromatic N) is 1. The molecule has 1 aromatic carbocycles. The number of aryl methyl sites for hydroxylation is 1. The summed E-state index contributed by atoms with van der Waals surface area (Å²) in [5.41, 5.74) is 2.20. The van der Waals surface area contributed by atoms with Crippen molar-refractivity contribution in [2.24, 2.45) is 5.41 Å². The maximum absolute atomic E-state index is 11.0. The fourth-order valence-corrected chi connectivity index (χ4v) is 2.94. The highest BCUT2D eigenvalue weighted by atomic mass is 16.6. The Labute approximate surface area is 120 Å². The van der Waals surface area contributed by atoms with Gasteiger partial charge in [-0.2, -0.15) is 0 Å². The summed E-state index contributed by atoms with van der Waals surface area (Å²) in [5.74, 6) is 0. The number of nitrogens with one attached hydrogen (secondary N) is 1. The summed E-state index contributed by atoms with van der Waals surface area (Å²) in [5, 5.41) is 14.5. The van der Waals surface area contributed by atoms with Crippen LogP contribution in [0.1, 0.15) is 51.5 Å². The number of nitro groups is 1. The van der Waals surface area contributed by atoms with Crippen LogP contribution < -0.4 is 5.32 Å². The predicted molar refractivity (Wildman–Crippen MR) is 82.1 cm³/mol. The van der Waals surface area contributed by atoms with E-state index < -0.39 is 0 Å². The number of nitro benzene ring substituents is 1. The molecule has 20 heavy (non-hydrogen) atoms. The molecule has 0 heterocycles. The largest absolute Gasteiger partial charge is 0.382 e. The van der Waals surface area contributed by atoms with Gasteiger partial charge in [0.2, 0.25) is 0 Å². The zero-order valence-electron chi connectivity index (χ0n) is 12.6. The van der Waals surface area contributed by atoms with E-state index in [1.54, 1.807) is 13.0 Å². The second kappa shape index (κ2) is 5.81. The molecule has 1 unspecified atom stereocenters. The first-order valence-electron chi connectivity index (χ1n) is 7.39. The summed E-state index contributed by atoms with van der Waals surface area (Å²) in [6.45, 7) is 6.42. The highest BCUT2D eigenvalue weighted by Crippen LogP contribution is 2.35. The van der Waals surface area contributed by atoms with Gasteiger partial charge in [0.1, 0.15) is 0 Å². The minimum atomic E-state index is -0.309. The minimum Gasteiger partial charge on any atom is -0.382 e. The monoisotopic (exact) mass is 276 g/mol. The van der Waals surface area contributed by atoms with Crippen molar-refractivity contribution in [3.05, 3.63) is 33.9 Å². The lowest BCUT2D eigenvalue weighted by Crippen LogP contribution is -2.19. The quantitative estimate of drug-likeness (QED) is 0.495. The first kappa shape index (κ1) is 14.8. The molecule has 0 aliphatic heterocycles. The van der Waals surface area contributed by atoms with E-state index in [2.05, 4.69) is 19.2 Å². The fraction of sp³-hybridized carbons (Fsp3) is 0.625. The van der Waals surface area contributed by atoms with Crippen LogP contribution in [0.2, 0.25) is 0 Å². The molecule has 0 spiro atoms. The molecule has 1 atom stereocenters. The second-order valence-electron chi connectivity index (χ2n) is 6.69. The maximum atomic E-state index is 11.0. The highest BCUT2D eigenvalue weighted by Gasteiger charge is 2.24. The van der Waals surface area contributed by atoms with Crippen LogP contribution in [0.4, 0.5) is 11.4 Å². The van der Waals surface area contributed by atoms with Gasteiger partial charge in [-0.15, -0.1) is 0 Å². The van der Waals surface area contributed by atoms with Crippen LogP contribution in [-0.4, -0.2) is 11.0 Å². The molecule has 4 nitrogen and oxygen atoms in total. The van der Waals surface area contributed by atoms with Gasteiger partial charge in [-0.3, -0.25) is 10.1 Å². The van der Waals surface area contributed by atoms with Crippen molar-refractivity contribution in [1.29, 1.82) is 0 Å². The zero-order chi connectivity index (χ0) is 14.8. The number of anilines is 1. The molecule has 110 valence electrons. The molecule has 1 N–H and O–H groups in total. The van der Waals surface area contributed by atoms with Crippen molar-refractivity contribution in [1.82, 2.24) is 0 Å². The van der Waals surface area contributed by atoms with Crippen LogP contribution in [0.15, 0.2) is 18.2 Å². The van der Waals surface area contributed by atoms with E-state index in [0.29, 0.717) is 17.0 Å². The molecule has 0 amide bonds. The van der Waals surface area contributed by atoms with Crippen molar-refractivity contribution in [2.75, 3.05) is 5.32 Å². The summed E-state index contributed by atoms with van der Waals surface area (Å²) in [6.07, 6.45) is 5.97. The first-order chi connectivity index (χ1) is 9.37. The smallest absolute Gasteiger partial charge is 0.274 e. The topological polar surface area (TPSA) is 55.2 Å². The average molecular weight is 276 g/mol. The van der Waals surface area contributed by atoms with Gasteiger partial charge < -0.3 is 5.32 Å². The zero-order valence-corrected chi connectivity index (χ0v) is 12.6. The average Bonchev–Trinajstić information content (AvgIpc) is 2.53.